The first-order valence-electron chi connectivity index (χ1n) is 9.63. The Morgan fingerprint density at radius 3 is 2.45 bits per heavy atom. The molecule has 3 aromatic rings. The molecule has 0 aromatic heterocycles. The van der Waals surface area contributed by atoms with Gasteiger partial charge < -0.3 is 14.2 Å². The number of nitrogens with one attached hydrogen (secondary N) is 1. The Labute approximate surface area is 203 Å². The van der Waals surface area contributed by atoms with Crippen LogP contribution >= 0.6 is 22.6 Å². The molecule has 0 saturated heterocycles. The average Bonchev–Trinajstić information content (AvgIpc) is 2.83. The highest BCUT2D eigenvalue weighted by molar-refractivity contribution is 14.1. The van der Waals surface area contributed by atoms with Crippen molar-refractivity contribution in [3.05, 3.63) is 91.0 Å². The Morgan fingerprint density at radius 1 is 1.06 bits per heavy atom. The Morgan fingerprint density at radius 2 is 1.79 bits per heavy atom. The molecule has 10 heteroatoms. The molecule has 33 heavy (non-hydrogen) atoms. The molecule has 0 heterocycles. The summed E-state index contributed by atoms with van der Waals surface area (Å²) in [5.41, 5.74) is 3.50. The van der Waals surface area contributed by atoms with Gasteiger partial charge in [0.2, 0.25) is 0 Å². The molecule has 0 radical (unpaired) electrons. The quantitative estimate of drug-likeness (QED) is 0.178. The lowest BCUT2D eigenvalue weighted by atomic mass is 10.1. The number of hydrogen-bond donors (Lipinski definition) is 1. The first-order valence-corrected chi connectivity index (χ1v) is 10.7. The number of nitrogens with zero attached hydrogens (tertiary/aromatic N) is 2. The maximum atomic E-state index is 12.4. The van der Waals surface area contributed by atoms with Crippen molar-refractivity contribution in [1.82, 2.24) is 5.43 Å². The molecular formula is C23H20IN3O6. The number of hydrogen-bond acceptors (Lipinski definition) is 7. The SMILES string of the molecule is COc1cc(C(=O)N/N=C\c2cc(OC)c(OCc3ccccc3)cc2[N+](=O)[O-])ccc1I. The van der Waals surface area contributed by atoms with Crippen molar-refractivity contribution >= 4 is 40.4 Å². The second kappa shape index (κ2) is 11.3. The molecule has 0 unspecified atom stereocenters. The Kier molecular flexibility index (Phi) is 8.19. The molecule has 0 fully saturated rings. The lowest BCUT2D eigenvalue weighted by Crippen LogP contribution is -2.17. The van der Waals surface area contributed by atoms with Crippen molar-refractivity contribution in [3.8, 4) is 17.2 Å². The summed E-state index contributed by atoms with van der Waals surface area (Å²) in [6, 6.07) is 17.0. The van der Waals surface area contributed by atoms with E-state index in [1.165, 1.54) is 32.6 Å². The summed E-state index contributed by atoms with van der Waals surface area (Å²) in [5.74, 6) is 0.587. The topological polar surface area (TPSA) is 112 Å². The van der Waals surface area contributed by atoms with Gasteiger partial charge >= 0.3 is 0 Å². The largest absolute Gasteiger partial charge is 0.496 e. The van der Waals surface area contributed by atoms with Gasteiger partial charge in [-0.1, -0.05) is 30.3 Å². The highest BCUT2D eigenvalue weighted by atomic mass is 127. The summed E-state index contributed by atoms with van der Waals surface area (Å²) in [5, 5.41) is 15.5. The van der Waals surface area contributed by atoms with Gasteiger partial charge in [0.15, 0.2) is 11.5 Å². The number of carbonyl (C=O) groups is 1. The third-order valence-corrected chi connectivity index (χ3v) is 5.42. The van der Waals surface area contributed by atoms with E-state index in [1.54, 1.807) is 18.2 Å². The molecule has 0 atom stereocenters. The fourth-order valence-corrected chi connectivity index (χ4v) is 3.42. The van der Waals surface area contributed by atoms with Crippen LogP contribution in [0.4, 0.5) is 5.69 Å². The molecule has 0 spiro atoms. The maximum absolute atomic E-state index is 12.4. The van der Waals surface area contributed by atoms with Crippen molar-refractivity contribution in [2.75, 3.05) is 14.2 Å². The molecule has 0 saturated carbocycles. The number of nitro benzene ring substituents is 1. The first-order chi connectivity index (χ1) is 15.9. The molecule has 170 valence electrons. The van der Waals surface area contributed by atoms with E-state index in [9.17, 15) is 14.9 Å². The van der Waals surface area contributed by atoms with E-state index in [0.717, 1.165) is 9.13 Å². The maximum Gasteiger partial charge on any atom is 0.282 e. The number of rotatable bonds is 9. The number of carbonyl (C=O) groups excluding carboxylic acids is 1. The van der Waals surface area contributed by atoms with Crippen LogP contribution in [-0.4, -0.2) is 31.3 Å². The smallest absolute Gasteiger partial charge is 0.282 e. The lowest BCUT2D eigenvalue weighted by molar-refractivity contribution is -0.385. The predicted molar refractivity (Wildman–Crippen MR) is 131 cm³/mol. The zero-order valence-electron chi connectivity index (χ0n) is 17.8. The molecule has 0 bridgehead atoms. The fourth-order valence-electron chi connectivity index (χ4n) is 2.86. The van der Waals surface area contributed by atoms with Gasteiger partial charge in [-0.3, -0.25) is 14.9 Å². The standard InChI is InChI=1S/C23H20IN3O6/c1-31-20-10-16(8-9-18(20)24)23(28)26-25-13-17-11-21(32-2)22(12-19(17)27(29)30)33-14-15-6-4-3-5-7-15/h3-13H,14H2,1-2H3,(H,26,28)/b25-13-. The van der Waals surface area contributed by atoms with Gasteiger partial charge in [0.1, 0.15) is 12.4 Å². The molecular weight excluding hydrogens is 541 g/mol. The van der Waals surface area contributed by atoms with Crippen LogP contribution in [0.2, 0.25) is 0 Å². The molecule has 0 aliphatic carbocycles. The van der Waals surface area contributed by atoms with Crippen molar-refractivity contribution in [3.63, 3.8) is 0 Å². The second-order valence-corrected chi connectivity index (χ2v) is 7.80. The Hall–Kier alpha value is -3.67. The number of benzene rings is 3. The van der Waals surface area contributed by atoms with Crippen molar-refractivity contribution < 1.29 is 23.9 Å². The minimum atomic E-state index is -0.554. The van der Waals surface area contributed by atoms with Gasteiger partial charge in [0.25, 0.3) is 11.6 Å². The second-order valence-electron chi connectivity index (χ2n) is 6.64. The first kappa shape index (κ1) is 24.0. The van der Waals surface area contributed by atoms with Gasteiger partial charge in [-0.25, -0.2) is 5.43 Å². The summed E-state index contributed by atoms with van der Waals surface area (Å²) in [7, 11) is 2.94. The number of ether oxygens (including phenoxy) is 3. The number of amides is 1. The molecule has 3 aromatic carbocycles. The number of methoxy groups -OCH3 is 2. The minimum Gasteiger partial charge on any atom is -0.496 e. The van der Waals surface area contributed by atoms with Crippen LogP contribution in [0.1, 0.15) is 21.5 Å². The monoisotopic (exact) mass is 561 g/mol. The zero-order valence-corrected chi connectivity index (χ0v) is 19.9. The summed E-state index contributed by atoms with van der Waals surface area (Å²) >= 11 is 2.09. The van der Waals surface area contributed by atoms with E-state index in [2.05, 4.69) is 33.1 Å². The molecule has 1 amide bonds. The van der Waals surface area contributed by atoms with Crippen LogP contribution in [0.3, 0.4) is 0 Å². The van der Waals surface area contributed by atoms with E-state index in [4.69, 9.17) is 14.2 Å². The van der Waals surface area contributed by atoms with Crippen LogP contribution < -0.4 is 19.6 Å². The van der Waals surface area contributed by atoms with Crippen LogP contribution in [0, 0.1) is 13.7 Å². The highest BCUT2D eigenvalue weighted by Gasteiger charge is 2.19. The summed E-state index contributed by atoms with van der Waals surface area (Å²) in [4.78, 5) is 23.4. The van der Waals surface area contributed by atoms with Gasteiger partial charge in [-0.2, -0.15) is 5.10 Å². The Bertz CT molecular complexity index is 1180. The average molecular weight is 561 g/mol. The summed E-state index contributed by atoms with van der Waals surface area (Å²) < 4.78 is 17.1. The van der Waals surface area contributed by atoms with E-state index >= 15 is 0 Å². The third kappa shape index (κ3) is 6.19. The van der Waals surface area contributed by atoms with Crippen molar-refractivity contribution in [1.29, 1.82) is 0 Å². The van der Waals surface area contributed by atoms with Crippen LogP contribution in [-0.2, 0) is 6.61 Å². The Balaban J connectivity index is 1.79. The molecule has 3 rings (SSSR count). The number of hydrazone groups is 1. The lowest BCUT2D eigenvalue weighted by Gasteiger charge is -2.12. The van der Waals surface area contributed by atoms with E-state index < -0.39 is 10.8 Å². The fraction of sp³-hybridized carbons (Fsp3) is 0.130. The number of nitro groups is 1. The van der Waals surface area contributed by atoms with Crippen LogP contribution in [0.5, 0.6) is 17.2 Å². The van der Waals surface area contributed by atoms with Gasteiger partial charge in [0, 0.05) is 5.56 Å². The van der Waals surface area contributed by atoms with Crippen LogP contribution in [0.15, 0.2) is 65.8 Å². The summed E-state index contributed by atoms with van der Waals surface area (Å²) in [6.45, 7) is 0.220. The molecule has 0 aliphatic rings. The normalized spacial score (nSPS) is 10.6. The molecule has 0 aliphatic heterocycles. The summed E-state index contributed by atoms with van der Waals surface area (Å²) in [6.07, 6.45) is 1.18. The zero-order chi connectivity index (χ0) is 23.8. The highest BCUT2D eigenvalue weighted by Crippen LogP contribution is 2.34. The number of halogens is 1. The van der Waals surface area contributed by atoms with Crippen molar-refractivity contribution in [2.24, 2.45) is 5.10 Å². The van der Waals surface area contributed by atoms with E-state index in [-0.39, 0.29) is 23.6 Å². The minimum absolute atomic E-state index is 0.143. The third-order valence-electron chi connectivity index (χ3n) is 4.53. The van der Waals surface area contributed by atoms with E-state index in [0.29, 0.717) is 17.1 Å². The van der Waals surface area contributed by atoms with Crippen LogP contribution in [0.25, 0.3) is 0 Å². The van der Waals surface area contributed by atoms with E-state index in [1.807, 2.05) is 30.3 Å². The van der Waals surface area contributed by atoms with Gasteiger partial charge in [-0.15, -0.1) is 0 Å². The predicted octanol–water partition coefficient (Wildman–Crippen LogP) is 4.56. The molecule has 9 nitrogen and oxygen atoms in total. The van der Waals surface area contributed by atoms with Gasteiger partial charge in [-0.05, 0) is 52.4 Å². The van der Waals surface area contributed by atoms with Crippen molar-refractivity contribution in [2.45, 2.75) is 6.61 Å². The van der Waals surface area contributed by atoms with Gasteiger partial charge in [0.05, 0.1) is 40.6 Å². The molecule has 1 N–H and O–H groups in total.